The number of ether oxygens (including phenoxy) is 4. The fourth-order valence-corrected chi connectivity index (χ4v) is 17.1. The van der Waals surface area contributed by atoms with E-state index in [-0.39, 0.29) is 59.5 Å². The molecular weight excluding hydrogens is 953 g/mol. The van der Waals surface area contributed by atoms with Gasteiger partial charge in [-0.1, -0.05) is 94.6 Å². The normalized spacial score (nSPS) is 29.3. The molecule has 3 fully saturated rings. The third kappa shape index (κ3) is 8.99. The molecule has 13 heteroatoms. The number of allylic oxidation sites excluding steroid dienone is 3. The van der Waals surface area contributed by atoms with Crippen LogP contribution in [-0.2, 0) is 40.8 Å². The maximum atomic E-state index is 13.0. The molecule has 12 rings (SSSR count). The van der Waals surface area contributed by atoms with Crippen molar-refractivity contribution in [3.8, 4) is 51.7 Å². The van der Waals surface area contributed by atoms with E-state index in [1.807, 2.05) is 40.8 Å². The third-order valence-corrected chi connectivity index (χ3v) is 20.0. The van der Waals surface area contributed by atoms with Crippen molar-refractivity contribution < 1.29 is 34.0 Å². The van der Waals surface area contributed by atoms with Gasteiger partial charge in [0.1, 0.15) is 36.1 Å². The number of phenolic OH excluding ortho intramolecular Hbond substituents is 2. The minimum Gasteiger partial charge on any atom is -0.508 e. The highest BCUT2D eigenvalue weighted by Crippen LogP contribution is 2.63. The molecule has 7 N–H and O–H groups in total. The van der Waals surface area contributed by atoms with Crippen molar-refractivity contribution in [3.63, 3.8) is 0 Å². The Morgan fingerprint density at radius 2 is 1.92 bits per heavy atom. The highest BCUT2D eigenvalue weighted by molar-refractivity contribution is 8.77. The number of carbonyl (C=O) groups is 1. The van der Waals surface area contributed by atoms with Crippen LogP contribution in [0.25, 0.3) is 17.2 Å². The first-order chi connectivity index (χ1) is 35.6. The van der Waals surface area contributed by atoms with Crippen molar-refractivity contribution in [2.75, 3.05) is 26.5 Å². The molecule has 0 radical (unpaired) electrons. The van der Waals surface area contributed by atoms with Gasteiger partial charge in [-0.05, 0) is 123 Å². The molecule has 0 amide bonds. The van der Waals surface area contributed by atoms with Crippen LogP contribution in [0, 0.1) is 23.7 Å². The Morgan fingerprint density at radius 3 is 2.75 bits per heavy atom. The molecule has 73 heavy (non-hydrogen) atoms. The van der Waals surface area contributed by atoms with E-state index in [1.54, 1.807) is 13.2 Å². The van der Waals surface area contributed by atoms with Gasteiger partial charge in [0.05, 0.1) is 36.2 Å². The number of phenols is 2. The summed E-state index contributed by atoms with van der Waals surface area (Å²) in [4.78, 5) is 13.0. The maximum Gasteiger partial charge on any atom is 0.302 e. The Labute approximate surface area is 436 Å². The van der Waals surface area contributed by atoms with Gasteiger partial charge in [-0.25, -0.2) is 0 Å². The second kappa shape index (κ2) is 20.0. The molecule has 4 aromatic rings. The number of nitrogens with one attached hydrogen (secondary N) is 3. The Hall–Kier alpha value is -5.49. The summed E-state index contributed by atoms with van der Waals surface area (Å²) < 4.78 is 27.5. The predicted octanol–water partition coefficient (Wildman–Crippen LogP) is 9.81. The van der Waals surface area contributed by atoms with Crippen molar-refractivity contribution in [1.82, 2.24) is 16.0 Å². The smallest absolute Gasteiger partial charge is 0.302 e. The molecule has 8 aliphatic rings. The molecule has 3 aliphatic carbocycles. The van der Waals surface area contributed by atoms with E-state index in [9.17, 15) is 15.0 Å². The molecule has 11 nitrogen and oxygen atoms in total. The number of fused-ring (bicyclic) bond motifs is 11. The lowest BCUT2D eigenvalue weighted by molar-refractivity contribution is -0.141. The van der Waals surface area contributed by atoms with E-state index in [0.717, 1.165) is 112 Å². The van der Waals surface area contributed by atoms with Crippen LogP contribution in [0.5, 0.6) is 28.7 Å². The monoisotopic (exact) mass is 1020 g/mol. The number of hydrogen-bond acceptors (Lipinski definition) is 13. The quantitative estimate of drug-likeness (QED) is 0.0592. The summed E-state index contributed by atoms with van der Waals surface area (Å²) in [6.07, 6.45) is 17.3. The standard InChI is InChI=1S/C60H66N4O7S2/c1-33(65)69-31-46-42-16-17-43-52-38(26-40(66)27-49(52)68-3)29-60-22-21-35(28-60)23-37-15-20-51(61)64-47(37)14-8-13-41-45(30-62-2)55(67)58-44(53(41)56(46)70-57(42)54(43)60)18-19-48-59(71-58)50(25-34-9-5-4-6-10-34)73-72-32-36-11-7-12-39(24-36)63-48/h4-6,9-10,15-20,26-27,35-36,39,46,48,50-51,56,59,62-64,66-67H,7,11-13,21-25,28-32,61H2,1-3H3/t35-,36+,39-,46-,48+,50+,51?,56-,59-,60-/m0/s1. The SMILES string of the molecule is CNCc1c(O)c2c(c3c1CC#CC1=C(C=CC(N)N1)C[C@@H]1CC[C@@]4(Cc5cc(O)cc(OC)c5-c5ccc6c(c54)O[C@H]3[C@H]6COC(C)=O)C1)C=C[C@H]1N[C@H]3CCC[C@@H](CSS[C@H](Cc4ccccc4)[C@H]1O2)C3. The van der Waals surface area contributed by atoms with Crippen LogP contribution in [0.1, 0.15) is 115 Å². The fourth-order valence-electron chi connectivity index (χ4n) is 13.9. The number of esters is 1. The summed E-state index contributed by atoms with van der Waals surface area (Å²) in [6.45, 7) is 1.87. The third-order valence-electron chi connectivity index (χ3n) is 17.0. The Kier molecular flexibility index (Phi) is 13.3. The van der Waals surface area contributed by atoms with Crippen LogP contribution in [0.2, 0.25) is 0 Å². The Morgan fingerprint density at radius 1 is 1.04 bits per heavy atom. The lowest BCUT2D eigenvalue weighted by Gasteiger charge is -2.39. The number of carbonyl (C=O) groups excluding carboxylic acids is 1. The van der Waals surface area contributed by atoms with Crippen molar-refractivity contribution in [2.45, 2.75) is 131 Å². The summed E-state index contributed by atoms with van der Waals surface area (Å²) in [5, 5.41) is 35.2. The highest BCUT2D eigenvalue weighted by atomic mass is 33.1. The lowest BCUT2D eigenvalue weighted by Crippen LogP contribution is -2.52. The second-order valence-corrected chi connectivity index (χ2v) is 24.3. The zero-order valence-corrected chi connectivity index (χ0v) is 43.6. The van der Waals surface area contributed by atoms with Gasteiger partial charge in [0.15, 0.2) is 11.5 Å². The molecule has 6 bridgehead atoms. The summed E-state index contributed by atoms with van der Waals surface area (Å²) in [7, 11) is 7.45. The van der Waals surface area contributed by atoms with E-state index >= 15 is 0 Å². The number of methoxy groups -OCH3 is 1. The van der Waals surface area contributed by atoms with E-state index in [4.69, 9.17) is 24.7 Å². The first-order valence-corrected chi connectivity index (χ1v) is 28.7. The summed E-state index contributed by atoms with van der Waals surface area (Å²) in [5.41, 5.74) is 17.7. The number of benzene rings is 4. The topological polar surface area (TPSA) is 157 Å². The summed E-state index contributed by atoms with van der Waals surface area (Å²) in [6, 6.07) is 18.8. The average molecular weight is 1020 g/mol. The Bertz CT molecular complexity index is 3000. The zero-order chi connectivity index (χ0) is 50.0. The number of dihydropyridines is 1. The van der Waals surface area contributed by atoms with Gasteiger partial charge >= 0.3 is 5.97 Å². The van der Waals surface area contributed by atoms with Crippen LogP contribution in [0.15, 0.2) is 84.1 Å². The largest absolute Gasteiger partial charge is 0.508 e. The molecule has 1 unspecified atom stereocenters. The lowest BCUT2D eigenvalue weighted by atomic mass is 9.65. The van der Waals surface area contributed by atoms with Crippen LogP contribution in [-0.4, -0.2) is 72.3 Å². The molecule has 2 saturated carbocycles. The van der Waals surface area contributed by atoms with Gasteiger partial charge in [0.2, 0.25) is 0 Å². The Balaban J connectivity index is 1.10. The first-order valence-electron chi connectivity index (χ1n) is 26.4. The van der Waals surface area contributed by atoms with E-state index < -0.39 is 12.0 Å². The number of rotatable bonds is 7. The van der Waals surface area contributed by atoms with Crippen molar-refractivity contribution in [1.29, 1.82) is 0 Å². The molecule has 5 aliphatic heterocycles. The van der Waals surface area contributed by atoms with Crippen molar-refractivity contribution in [3.05, 3.63) is 129 Å². The van der Waals surface area contributed by atoms with E-state index in [2.05, 4.69) is 88.5 Å². The van der Waals surface area contributed by atoms with E-state index in [1.165, 1.54) is 25.3 Å². The minimum atomic E-state index is -0.675. The van der Waals surface area contributed by atoms with Crippen LogP contribution >= 0.6 is 21.6 Å². The molecule has 4 aromatic carbocycles. The highest BCUT2D eigenvalue weighted by Gasteiger charge is 2.52. The maximum absolute atomic E-state index is 13.0. The van der Waals surface area contributed by atoms with Gasteiger partial charge in [-0.2, -0.15) is 0 Å². The van der Waals surface area contributed by atoms with Crippen molar-refractivity contribution >= 4 is 33.6 Å². The molecule has 1 saturated heterocycles. The first kappa shape index (κ1) is 48.4. The fraction of sp³-hybridized carbons (Fsp3) is 0.450. The van der Waals surface area contributed by atoms with Crippen LogP contribution < -0.4 is 35.9 Å². The number of aromatic hydroxyl groups is 2. The number of nitrogens with two attached hydrogens (primary N) is 1. The summed E-state index contributed by atoms with van der Waals surface area (Å²) >= 11 is 0. The van der Waals surface area contributed by atoms with Crippen LogP contribution in [0.4, 0.5) is 0 Å². The van der Waals surface area contributed by atoms with Gasteiger partial charge in [-0.3, -0.25) is 4.79 Å². The van der Waals surface area contributed by atoms with Gasteiger partial charge in [0, 0.05) is 76.5 Å². The second-order valence-electron chi connectivity index (χ2n) is 21.7. The van der Waals surface area contributed by atoms with Crippen molar-refractivity contribution in [2.24, 2.45) is 17.6 Å². The zero-order valence-electron chi connectivity index (χ0n) is 41.9. The van der Waals surface area contributed by atoms with Gasteiger partial charge < -0.3 is 50.8 Å². The number of hydrogen-bond donors (Lipinski definition) is 6. The van der Waals surface area contributed by atoms with E-state index in [0.29, 0.717) is 47.9 Å². The van der Waals surface area contributed by atoms with Crippen LogP contribution in [0.3, 0.4) is 0 Å². The van der Waals surface area contributed by atoms with Gasteiger partial charge in [0.25, 0.3) is 0 Å². The molecule has 1 spiro atoms. The molecule has 380 valence electrons. The summed E-state index contributed by atoms with van der Waals surface area (Å²) in [5.74, 6) is 10.6. The average Bonchev–Trinajstić information content (AvgIpc) is 3.89. The molecular formula is C60H66N4O7S2. The van der Waals surface area contributed by atoms with Gasteiger partial charge in [-0.15, -0.1) is 0 Å². The molecule has 5 heterocycles. The molecule has 10 atom stereocenters. The molecule has 0 aromatic heterocycles. The predicted molar refractivity (Wildman–Crippen MR) is 290 cm³/mol. The minimum absolute atomic E-state index is 0.0317.